The second-order valence-corrected chi connectivity index (χ2v) is 9.95. The van der Waals surface area contributed by atoms with Gasteiger partial charge in [0.2, 0.25) is 0 Å². The third kappa shape index (κ3) is 3.37. The van der Waals surface area contributed by atoms with E-state index < -0.39 is 10.0 Å². The molecule has 6 heteroatoms. The fourth-order valence-corrected chi connectivity index (χ4v) is 6.45. The van der Waals surface area contributed by atoms with Crippen LogP contribution in [0.4, 0.5) is 5.69 Å². The number of piperidine rings is 3. The topological polar surface area (TPSA) is 40.6 Å². The molecule has 144 valence electrons. The molecule has 0 spiro atoms. The highest BCUT2D eigenvalue weighted by atomic mass is 35.5. The van der Waals surface area contributed by atoms with Gasteiger partial charge < -0.3 is 0 Å². The van der Waals surface area contributed by atoms with E-state index in [-0.39, 0.29) is 12.1 Å². The quantitative estimate of drug-likeness (QED) is 0.761. The minimum Gasteiger partial charge on any atom is -0.299 e. The van der Waals surface area contributed by atoms with Crippen LogP contribution in [-0.4, -0.2) is 38.5 Å². The van der Waals surface area contributed by atoms with Gasteiger partial charge in [-0.2, -0.15) is 0 Å². The summed E-state index contributed by atoms with van der Waals surface area (Å²) in [5.41, 5.74) is 1.73. The highest BCUT2D eigenvalue weighted by Crippen LogP contribution is 2.40. The Morgan fingerprint density at radius 2 is 1.59 bits per heavy atom. The van der Waals surface area contributed by atoms with E-state index >= 15 is 0 Å². The molecule has 0 saturated carbocycles. The molecule has 0 unspecified atom stereocenters. The van der Waals surface area contributed by atoms with E-state index in [1.54, 1.807) is 28.6 Å². The zero-order valence-electron chi connectivity index (χ0n) is 15.7. The van der Waals surface area contributed by atoms with Gasteiger partial charge in [-0.1, -0.05) is 29.3 Å². The number of sulfonamides is 1. The molecular weight excluding hydrogens is 380 g/mol. The maximum absolute atomic E-state index is 13.7. The van der Waals surface area contributed by atoms with Crippen molar-refractivity contribution >= 4 is 27.3 Å². The summed E-state index contributed by atoms with van der Waals surface area (Å²) in [6, 6.07) is 14.4. The largest absolute Gasteiger partial charge is 0.299 e. The Balaban J connectivity index is 1.83. The fourth-order valence-electron chi connectivity index (χ4n) is 4.55. The molecule has 3 aliphatic heterocycles. The van der Waals surface area contributed by atoms with Crippen LogP contribution in [0.25, 0.3) is 0 Å². The number of hydrogen-bond acceptors (Lipinski definition) is 3. The van der Waals surface area contributed by atoms with Crippen LogP contribution < -0.4 is 4.31 Å². The standard InChI is InChI=1S/C21H25ClN2O2S/c1-15-3-9-20(10-4-15)27(25,26)24(19-7-5-18(22)6-8-19)21-16(2)23-13-11-17(21)12-14-23/h3-10,16-17,21H,11-14H2,1-2H3/t16-,21-/m1/s1. The molecule has 27 heavy (non-hydrogen) atoms. The molecule has 5 rings (SSSR count). The highest BCUT2D eigenvalue weighted by molar-refractivity contribution is 7.92. The summed E-state index contributed by atoms with van der Waals surface area (Å²) in [5.74, 6) is 0.376. The Bertz CT molecular complexity index is 902. The number of anilines is 1. The van der Waals surface area contributed by atoms with Gasteiger partial charge >= 0.3 is 0 Å². The van der Waals surface area contributed by atoms with Gasteiger partial charge in [-0.15, -0.1) is 0 Å². The number of fused-ring (bicyclic) bond motifs is 3. The van der Waals surface area contributed by atoms with Crippen LogP contribution in [0.5, 0.6) is 0 Å². The van der Waals surface area contributed by atoms with Gasteiger partial charge in [0.15, 0.2) is 0 Å². The average molecular weight is 405 g/mol. The van der Waals surface area contributed by atoms with Gasteiger partial charge in [0.05, 0.1) is 16.6 Å². The van der Waals surface area contributed by atoms with E-state index in [0.717, 1.165) is 31.5 Å². The Kier molecular flexibility index (Phi) is 4.95. The minimum absolute atomic E-state index is 0.0695. The molecule has 4 nitrogen and oxygen atoms in total. The Morgan fingerprint density at radius 1 is 1.00 bits per heavy atom. The SMILES string of the molecule is Cc1ccc(S(=O)(=O)N(c2ccc(Cl)cc2)[C@H]2C3CCN(CC3)[C@@H]2C)cc1. The lowest BCUT2D eigenvalue weighted by molar-refractivity contribution is 0.0400. The van der Waals surface area contributed by atoms with Crippen LogP contribution in [0.3, 0.4) is 0 Å². The fraction of sp³-hybridized carbons (Fsp3) is 0.429. The summed E-state index contributed by atoms with van der Waals surface area (Å²) in [7, 11) is -3.68. The van der Waals surface area contributed by atoms with Crippen molar-refractivity contribution in [2.24, 2.45) is 5.92 Å². The molecule has 2 aromatic carbocycles. The van der Waals surface area contributed by atoms with E-state index in [0.29, 0.717) is 21.5 Å². The zero-order chi connectivity index (χ0) is 19.2. The molecule has 2 atom stereocenters. The highest BCUT2D eigenvalue weighted by Gasteiger charge is 2.46. The molecule has 0 radical (unpaired) electrons. The summed E-state index contributed by atoms with van der Waals surface area (Å²) < 4.78 is 29.1. The normalized spacial score (nSPS) is 27.5. The van der Waals surface area contributed by atoms with E-state index in [9.17, 15) is 8.42 Å². The van der Waals surface area contributed by atoms with Crippen molar-refractivity contribution in [1.29, 1.82) is 0 Å². The molecule has 3 fully saturated rings. The molecule has 0 amide bonds. The van der Waals surface area contributed by atoms with Crippen LogP contribution in [0.2, 0.25) is 5.02 Å². The van der Waals surface area contributed by atoms with Gasteiger partial charge in [-0.25, -0.2) is 8.42 Å². The van der Waals surface area contributed by atoms with Gasteiger partial charge in [0, 0.05) is 11.1 Å². The molecular formula is C21H25ClN2O2S. The average Bonchev–Trinajstić information content (AvgIpc) is 2.66. The maximum Gasteiger partial charge on any atom is 0.264 e. The Labute approximate surface area is 166 Å². The van der Waals surface area contributed by atoms with Crippen molar-refractivity contribution < 1.29 is 8.42 Å². The van der Waals surface area contributed by atoms with E-state index in [1.807, 2.05) is 31.2 Å². The van der Waals surface area contributed by atoms with Crippen molar-refractivity contribution in [3.05, 3.63) is 59.1 Å². The van der Waals surface area contributed by atoms with Crippen molar-refractivity contribution in [3.63, 3.8) is 0 Å². The molecule has 0 N–H and O–H groups in total. The van der Waals surface area contributed by atoms with Crippen molar-refractivity contribution in [2.75, 3.05) is 17.4 Å². The second kappa shape index (κ2) is 7.12. The Morgan fingerprint density at radius 3 is 2.15 bits per heavy atom. The van der Waals surface area contributed by atoms with Crippen LogP contribution in [-0.2, 0) is 10.0 Å². The van der Waals surface area contributed by atoms with Crippen LogP contribution in [0.1, 0.15) is 25.3 Å². The first kappa shape index (κ1) is 18.8. The predicted octanol–water partition coefficient (Wildman–Crippen LogP) is 4.33. The van der Waals surface area contributed by atoms with E-state index in [2.05, 4.69) is 11.8 Å². The third-order valence-electron chi connectivity index (χ3n) is 6.06. The van der Waals surface area contributed by atoms with E-state index in [4.69, 9.17) is 11.6 Å². The number of aryl methyl sites for hydroxylation is 1. The number of nitrogens with zero attached hydrogens (tertiary/aromatic N) is 2. The van der Waals surface area contributed by atoms with Crippen LogP contribution in [0.15, 0.2) is 53.4 Å². The number of halogens is 1. The first-order valence-electron chi connectivity index (χ1n) is 9.48. The zero-order valence-corrected chi connectivity index (χ0v) is 17.2. The molecule has 0 aliphatic carbocycles. The molecule has 0 aromatic heterocycles. The van der Waals surface area contributed by atoms with Crippen LogP contribution >= 0.6 is 11.6 Å². The van der Waals surface area contributed by atoms with Gasteiger partial charge in [0.1, 0.15) is 0 Å². The second-order valence-electron chi connectivity index (χ2n) is 7.69. The predicted molar refractivity (Wildman–Crippen MR) is 110 cm³/mol. The van der Waals surface area contributed by atoms with E-state index in [1.165, 1.54) is 0 Å². The van der Waals surface area contributed by atoms with Crippen molar-refractivity contribution in [2.45, 2.75) is 43.7 Å². The third-order valence-corrected chi connectivity index (χ3v) is 8.15. The molecule has 3 aliphatic rings. The number of benzene rings is 2. The van der Waals surface area contributed by atoms with Gasteiger partial charge in [0.25, 0.3) is 10.0 Å². The van der Waals surface area contributed by atoms with Crippen molar-refractivity contribution in [3.8, 4) is 0 Å². The molecule has 2 bridgehead atoms. The lowest BCUT2D eigenvalue weighted by Crippen LogP contribution is -2.63. The molecule has 2 aromatic rings. The summed E-state index contributed by atoms with van der Waals surface area (Å²) in [5, 5.41) is 0.605. The first-order chi connectivity index (χ1) is 12.9. The summed E-state index contributed by atoms with van der Waals surface area (Å²) in [6.07, 6.45) is 2.09. The lowest BCUT2D eigenvalue weighted by Gasteiger charge is -2.53. The lowest BCUT2D eigenvalue weighted by atomic mass is 9.79. The summed E-state index contributed by atoms with van der Waals surface area (Å²) >= 11 is 6.07. The number of rotatable bonds is 4. The monoisotopic (exact) mass is 404 g/mol. The minimum atomic E-state index is -3.68. The smallest absolute Gasteiger partial charge is 0.264 e. The summed E-state index contributed by atoms with van der Waals surface area (Å²) in [6.45, 7) is 6.23. The van der Waals surface area contributed by atoms with Crippen molar-refractivity contribution in [1.82, 2.24) is 4.90 Å². The molecule has 3 heterocycles. The first-order valence-corrected chi connectivity index (χ1v) is 11.3. The molecule has 3 saturated heterocycles. The maximum atomic E-state index is 13.7. The summed E-state index contributed by atoms with van der Waals surface area (Å²) in [4.78, 5) is 2.75. The van der Waals surface area contributed by atoms with Crippen LogP contribution in [0, 0.1) is 12.8 Å². The Hall–Kier alpha value is -1.56. The van der Waals surface area contributed by atoms with Gasteiger partial charge in [-0.05, 0) is 82.1 Å². The van der Waals surface area contributed by atoms with Gasteiger partial charge in [-0.3, -0.25) is 9.21 Å². The number of hydrogen-bond donors (Lipinski definition) is 0.